The summed E-state index contributed by atoms with van der Waals surface area (Å²) < 4.78 is 0. The van der Waals surface area contributed by atoms with Crippen molar-refractivity contribution in [2.75, 3.05) is 18.0 Å². The van der Waals surface area contributed by atoms with Crippen LogP contribution in [0.1, 0.15) is 24.9 Å². The van der Waals surface area contributed by atoms with E-state index in [0.717, 1.165) is 19.5 Å². The van der Waals surface area contributed by atoms with Gasteiger partial charge in [-0.2, -0.15) is 0 Å². The second kappa shape index (κ2) is 6.92. The topological polar surface area (TPSA) is 29.3 Å². The third-order valence-electron chi connectivity index (χ3n) is 2.82. The molecule has 1 rings (SSSR count). The normalized spacial score (nSPS) is 11.9. The zero-order valence-corrected chi connectivity index (χ0v) is 10.6. The summed E-state index contributed by atoms with van der Waals surface area (Å²) in [6.07, 6.45) is 4.74. The second-order valence-corrected chi connectivity index (χ2v) is 4.06. The van der Waals surface area contributed by atoms with Crippen molar-refractivity contribution >= 4 is 5.69 Å². The number of anilines is 1. The fourth-order valence-electron chi connectivity index (χ4n) is 1.89. The number of benzene rings is 1. The lowest BCUT2D eigenvalue weighted by Gasteiger charge is -2.26. The summed E-state index contributed by atoms with van der Waals surface area (Å²) in [5.74, 6) is 0. The minimum atomic E-state index is 0.0864. The second-order valence-electron chi connectivity index (χ2n) is 4.06. The highest BCUT2D eigenvalue weighted by Crippen LogP contribution is 2.26. The molecule has 0 aliphatic rings. The van der Waals surface area contributed by atoms with Crippen LogP contribution >= 0.6 is 0 Å². The van der Waals surface area contributed by atoms with Gasteiger partial charge in [-0.05, 0) is 18.1 Å². The van der Waals surface area contributed by atoms with Gasteiger partial charge in [0.1, 0.15) is 0 Å². The Balaban J connectivity index is 3.07. The van der Waals surface area contributed by atoms with E-state index in [1.807, 2.05) is 24.3 Å². The summed E-state index contributed by atoms with van der Waals surface area (Å²) in [5.41, 5.74) is 8.52. The van der Waals surface area contributed by atoms with Crippen molar-refractivity contribution in [1.82, 2.24) is 0 Å². The van der Waals surface area contributed by atoms with Gasteiger partial charge in [0.25, 0.3) is 0 Å². The van der Waals surface area contributed by atoms with Crippen molar-refractivity contribution < 1.29 is 0 Å². The molecular weight excluding hydrogens is 208 g/mol. The van der Waals surface area contributed by atoms with Gasteiger partial charge in [-0.25, -0.2) is 0 Å². The summed E-state index contributed by atoms with van der Waals surface area (Å²) in [6, 6.07) is 8.37. The monoisotopic (exact) mass is 230 g/mol. The van der Waals surface area contributed by atoms with Crippen molar-refractivity contribution in [3.05, 3.63) is 55.1 Å². The molecule has 0 heterocycles. The van der Waals surface area contributed by atoms with E-state index in [4.69, 9.17) is 5.73 Å². The molecule has 0 saturated carbocycles. The fraction of sp³-hybridized carbons (Fsp3) is 0.333. The highest BCUT2D eigenvalue weighted by molar-refractivity contribution is 5.55. The molecule has 0 unspecified atom stereocenters. The highest BCUT2D eigenvalue weighted by atomic mass is 15.1. The molecule has 17 heavy (non-hydrogen) atoms. The van der Waals surface area contributed by atoms with Gasteiger partial charge in [-0.1, -0.05) is 37.3 Å². The van der Waals surface area contributed by atoms with Crippen molar-refractivity contribution in [2.24, 2.45) is 5.73 Å². The highest BCUT2D eigenvalue weighted by Gasteiger charge is 2.12. The average Bonchev–Trinajstić information content (AvgIpc) is 2.37. The molecule has 0 aliphatic heterocycles. The van der Waals surface area contributed by atoms with Gasteiger partial charge >= 0.3 is 0 Å². The van der Waals surface area contributed by atoms with E-state index in [2.05, 4.69) is 37.1 Å². The number of hydrogen-bond acceptors (Lipinski definition) is 2. The Morgan fingerprint density at radius 1 is 1.24 bits per heavy atom. The smallest absolute Gasteiger partial charge is 0.0420 e. The lowest BCUT2D eigenvalue weighted by Crippen LogP contribution is -2.25. The molecule has 2 heteroatoms. The predicted octanol–water partition coefficient (Wildman–Crippen LogP) is 3.27. The maximum Gasteiger partial charge on any atom is 0.0420 e. The predicted molar refractivity (Wildman–Crippen MR) is 76.3 cm³/mol. The number of nitrogens with two attached hydrogens (primary N) is 1. The molecule has 0 amide bonds. The van der Waals surface area contributed by atoms with Crippen molar-refractivity contribution in [2.45, 2.75) is 19.4 Å². The molecule has 0 saturated heterocycles. The standard InChI is InChI=1S/C15H22N2/c1-4-11-17(12-5-2)15-10-8-7-9-13(15)14(16)6-3/h4-5,7-10,14H,1-2,6,11-12,16H2,3H3/t14-/m1/s1. The Kier molecular flexibility index (Phi) is 5.50. The van der Waals surface area contributed by atoms with Crippen molar-refractivity contribution in [1.29, 1.82) is 0 Å². The van der Waals surface area contributed by atoms with Crippen LogP contribution in [0, 0.1) is 0 Å². The first-order valence-corrected chi connectivity index (χ1v) is 6.05. The van der Waals surface area contributed by atoms with E-state index in [9.17, 15) is 0 Å². The molecule has 1 aromatic carbocycles. The minimum absolute atomic E-state index is 0.0864. The Morgan fingerprint density at radius 3 is 2.35 bits per heavy atom. The van der Waals surface area contributed by atoms with Crippen LogP contribution in [0.3, 0.4) is 0 Å². The van der Waals surface area contributed by atoms with Crippen LogP contribution in [-0.4, -0.2) is 13.1 Å². The first-order valence-electron chi connectivity index (χ1n) is 6.05. The molecule has 0 aromatic heterocycles. The van der Waals surface area contributed by atoms with Gasteiger partial charge in [-0.15, -0.1) is 13.2 Å². The number of para-hydroxylation sites is 1. The van der Waals surface area contributed by atoms with Crippen molar-refractivity contribution in [3.8, 4) is 0 Å². The average molecular weight is 230 g/mol. The van der Waals surface area contributed by atoms with Gasteiger partial charge in [-0.3, -0.25) is 0 Å². The number of hydrogen-bond donors (Lipinski definition) is 1. The quantitative estimate of drug-likeness (QED) is 0.728. The van der Waals surface area contributed by atoms with Crippen LogP contribution in [0.4, 0.5) is 5.69 Å². The molecule has 0 aliphatic carbocycles. The Hall–Kier alpha value is -1.54. The molecule has 0 radical (unpaired) electrons. The third-order valence-corrected chi connectivity index (χ3v) is 2.82. The fourth-order valence-corrected chi connectivity index (χ4v) is 1.89. The van der Waals surface area contributed by atoms with Crippen LogP contribution in [0.5, 0.6) is 0 Å². The summed E-state index contributed by atoms with van der Waals surface area (Å²) in [4.78, 5) is 2.23. The lowest BCUT2D eigenvalue weighted by molar-refractivity contribution is 0.695. The zero-order chi connectivity index (χ0) is 12.7. The summed E-state index contributed by atoms with van der Waals surface area (Å²) in [5, 5.41) is 0. The van der Waals surface area contributed by atoms with E-state index < -0.39 is 0 Å². The molecule has 2 nitrogen and oxygen atoms in total. The Morgan fingerprint density at radius 2 is 1.82 bits per heavy atom. The van der Waals surface area contributed by atoms with Crippen LogP contribution in [0.25, 0.3) is 0 Å². The molecule has 1 aromatic rings. The van der Waals surface area contributed by atoms with Gasteiger partial charge in [0.05, 0.1) is 0 Å². The summed E-state index contributed by atoms with van der Waals surface area (Å²) in [7, 11) is 0. The first-order chi connectivity index (χ1) is 8.24. The maximum atomic E-state index is 6.15. The number of nitrogens with zero attached hydrogens (tertiary/aromatic N) is 1. The Labute approximate surface area is 104 Å². The van der Waals surface area contributed by atoms with E-state index in [1.165, 1.54) is 11.3 Å². The maximum absolute atomic E-state index is 6.15. The Bertz CT molecular complexity index is 361. The van der Waals surface area contributed by atoms with Gasteiger partial charge in [0, 0.05) is 24.8 Å². The molecule has 0 bridgehead atoms. The summed E-state index contributed by atoms with van der Waals surface area (Å²) >= 11 is 0. The van der Waals surface area contributed by atoms with Gasteiger partial charge < -0.3 is 10.6 Å². The van der Waals surface area contributed by atoms with E-state index in [0.29, 0.717) is 0 Å². The van der Waals surface area contributed by atoms with Crippen LogP contribution in [-0.2, 0) is 0 Å². The van der Waals surface area contributed by atoms with Crippen molar-refractivity contribution in [3.63, 3.8) is 0 Å². The molecular formula is C15H22N2. The van der Waals surface area contributed by atoms with Crippen LogP contribution in [0.2, 0.25) is 0 Å². The molecule has 92 valence electrons. The zero-order valence-electron chi connectivity index (χ0n) is 10.6. The molecule has 2 N–H and O–H groups in total. The number of rotatable bonds is 7. The van der Waals surface area contributed by atoms with E-state index >= 15 is 0 Å². The largest absolute Gasteiger partial charge is 0.364 e. The third kappa shape index (κ3) is 3.46. The van der Waals surface area contributed by atoms with Crippen LogP contribution < -0.4 is 10.6 Å². The summed E-state index contributed by atoms with van der Waals surface area (Å²) in [6.45, 7) is 11.3. The van der Waals surface area contributed by atoms with E-state index in [1.54, 1.807) is 0 Å². The molecule has 1 atom stereocenters. The van der Waals surface area contributed by atoms with Gasteiger partial charge in [0.2, 0.25) is 0 Å². The first kappa shape index (κ1) is 13.5. The minimum Gasteiger partial charge on any atom is -0.364 e. The SMILES string of the molecule is C=CCN(CC=C)c1ccccc1[C@H](N)CC. The van der Waals surface area contributed by atoms with Gasteiger partial charge in [0.15, 0.2) is 0 Å². The molecule has 0 fully saturated rings. The van der Waals surface area contributed by atoms with E-state index in [-0.39, 0.29) is 6.04 Å². The lowest BCUT2D eigenvalue weighted by atomic mass is 10.0. The molecule has 0 spiro atoms. The van der Waals surface area contributed by atoms with Crippen LogP contribution in [0.15, 0.2) is 49.6 Å².